The van der Waals surface area contributed by atoms with Crippen LogP contribution in [0.2, 0.25) is 0 Å². The second-order valence-corrected chi connectivity index (χ2v) is 4.13. The zero-order valence-corrected chi connectivity index (χ0v) is 11.7. The van der Waals surface area contributed by atoms with Crippen molar-refractivity contribution in [3.8, 4) is 5.75 Å². The van der Waals surface area contributed by atoms with Crippen LogP contribution in [0.25, 0.3) is 0 Å². The van der Waals surface area contributed by atoms with Crippen molar-refractivity contribution in [3.05, 3.63) is 29.8 Å². The smallest absolute Gasteiger partial charge is 0.306 e. The third-order valence-corrected chi connectivity index (χ3v) is 2.92. The fourth-order valence-electron chi connectivity index (χ4n) is 1.89. The third kappa shape index (κ3) is 3.78. The van der Waals surface area contributed by atoms with Gasteiger partial charge in [0, 0.05) is 14.1 Å². The molecule has 0 aliphatic carbocycles. The lowest BCUT2D eigenvalue weighted by Crippen LogP contribution is -2.29. The molecule has 2 N–H and O–H groups in total. The van der Waals surface area contributed by atoms with Crippen molar-refractivity contribution in [3.63, 3.8) is 0 Å². The van der Waals surface area contributed by atoms with Gasteiger partial charge in [0.2, 0.25) is 0 Å². The first-order valence-corrected chi connectivity index (χ1v) is 5.97. The molecule has 0 aromatic heterocycles. The van der Waals surface area contributed by atoms with Gasteiger partial charge in [-0.15, -0.1) is 0 Å². The molecule has 7 nitrogen and oxygen atoms in total. The fourth-order valence-corrected chi connectivity index (χ4v) is 1.89. The van der Waals surface area contributed by atoms with Crippen molar-refractivity contribution in [2.45, 2.75) is 12.3 Å². The summed E-state index contributed by atoms with van der Waals surface area (Å²) in [7, 11) is 4.47. The number of nitrogens with zero attached hydrogens (tertiary/aromatic N) is 3. The molecule has 20 heavy (non-hydrogen) atoms. The highest BCUT2D eigenvalue weighted by Gasteiger charge is 2.25. The Morgan fingerprint density at radius 1 is 1.45 bits per heavy atom. The van der Waals surface area contributed by atoms with Gasteiger partial charge in [-0.25, -0.2) is 5.01 Å². The lowest BCUT2D eigenvalue weighted by molar-refractivity contribution is -0.140. The molecular weight excluding hydrogens is 260 g/mol. The molecular formula is C13H18N4O3. The maximum absolute atomic E-state index is 11.6. The van der Waals surface area contributed by atoms with E-state index in [1.165, 1.54) is 24.3 Å². The van der Waals surface area contributed by atoms with Crippen LogP contribution in [0.5, 0.6) is 5.75 Å². The molecule has 1 aromatic rings. The van der Waals surface area contributed by atoms with Crippen molar-refractivity contribution in [2.75, 3.05) is 21.2 Å². The molecule has 0 aliphatic heterocycles. The molecule has 0 fully saturated rings. The highest BCUT2D eigenvalue weighted by atomic mass is 16.5. The van der Waals surface area contributed by atoms with Crippen molar-refractivity contribution in [1.82, 2.24) is 5.01 Å². The monoisotopic (exact) mass is 278 g/mol. The van der Waals surface area contributed by atoms with Crippen LogP contribution in [-0.4, -0.2) is 43.1 Å². The van der Waals surface area contributed by atoms with E-state index in [0.29, 0.717) is 5.84 Å². The van der Waals surface area contributed by atoms with E-state index in [9.17, 15) is 9.90 Å². The summed E-state index contributed by atoms with van der Waals surface area (Å²) < 4.78 is 4.69. The first kappa shape index (κ1) is 15.6. The van der Waals surface area contributed by atoms with E-state index >= 15 is 0 Å². The largest absolute Gasteiger partial charge is 0.508 e. The summed E-state index contributed by atoms with van der Waals surface area (Å²) in [6.45, 7) is 0. The number of amidine groups is 1. The molecule has 108 valence electrons. The minimum atomic E-state index is -0.396. The predicted molar refractivity (Wildman–Crippen MR) is 73.8 cm³/mol. The molecule has 0 saturated heterocycles. The first-order valence-electron chi connectivity index (χ1n) is 5.97. The molecule has 1 atom stereocenters. The highest BCUT2D eigenvalue weighted by molar-refractivity contribution is 5.92. The van der Waals surface area contributed by atoms with E-state index in [1.807, 2.05) is 0 Å². The first-order chi connectivity index (χ1) is 9.53. The van der Waals surface area contributed by atoms with E-state index in [4.69, 9.17) is 10.3 Å². The highest BCUT2D eigenvalue weighted by Crippen LogP contribution is 2.25. The number of phenolic OH excluding ortho intramolecular Hbond substituents is 1. The molecule has 1 rings (SSSR count). The zero-order chi connectivity index (χ0) is 15.1. The molecule has 7 heteroatoms. The van der Waals surface area contributed by atoms with E-state index in [0.717, 1.165) is 5.56 Å². The number of esters is 1. The van der Waals surface area contributed by atoms with E-state index in [2.05, 4.69) is 10.2 Å². The molecule has 0 unspecified atom stereocenters. The maximum atomic E-state index is 11.6. The van der Waals surface area contributed by atoms with Crippen LogP contribution < -0.4 is 0 Å². The van der Waals surface area contributed by atoms with E-state index < -0.39 is 5.92 Å². The van der Waals surface area contributed by atoms with Crippen LogP contribution in [0.15, 0.2) is 34.5 Å². The number of benzene rings is 1. The van der Waals surface area contributed by atoms with Crippen molar-refractivity contribution < 1.29 is 14.6 Å². The van der Waals surface area contributed by atoms with Crippen LogP contribution in [0, 0.1) is 5.53 Å². The Kier molecular flexibility index (Phi) is 5.64. The van der Waals surface area contributed by atoms with Gasteiger partial charge in [-0.05, 0) is 17.7 Å². The molecule has 0 saturated carbocycles. The van der Waals surface area contributed by atoms with Gasteiger partial charge in [0.25, 0.3) is 0 Å². The Morgan fingerprint density at radius 3 is 2.50 bits per heavy atom. The SMILES string of the molecule is CN=C([C@@H](CC(=O)OC)c1ccc(O)cc1)N(C)N=N. The normalized spacial score (nSPS) is 12.7. The molecule has 0 aliphatic rings. The van der Waals surface area contributed by atoms with E-state index in [-0.39, 0.29) is 18.1 Å². The summed E-state index contributed by atoms with van der Waals surface area (Å²) in [6, 6.07) is 6.47. The Labute approximate surface area is 117 Å². The predicted octanol–water partition coefficient (Wildman–Crippen LogP) is 1.94. The standard InChI is InChI=1S/C13H18N4O3/c1-15-13(17(2)16-14)11(8-12(19)20-3)9-4-6-10(18)7-5-9/h4-7,11,14,18H,8H2,1-3H3/t11-/m0/s1. The number of methoxy groups -OCH3 is 1. The van der Waals surface area contributed by atoms with Gasteiger partial charge in [-0.3, -0.25) is 9.79 Å². The Bertz CT molecular complexity index is 499. The van der Waals surface area contributed by atoms with Crippen molar-refractivity contribution >= 4 is 11.8 Å². The number of ether oxygens (including phenoxy) is 1. The Balaban J connectivity index is 3.16. The number of aromatic hydroxyl groups is 1. The zero-order valence-electron chi connectivity index (χ0n) is 11.7. The lowest BCUT2D eigenvalue weighted by atomic mass is 9.94. The number of rotatable bonds is 5. The molecule has 0 amide bonds. The van der Waals surface area contributed by atoms with Crippen LogP contribution in [-0.2, 0) is 9.53 Å². The number of carbonyl (C=O) groups excluding carboxylic acids is 1. The average Bonchev–Trinajstić information content (AvgIpc) is 2.47. The summed E-state index contributed by atoms with van der Waals surface area (Å²) in [5, 5.41) is 13.9. The summed E-state index contributed by atoms with van der Waals surface area (Å²) in [5.41, 5.74) is 7.86. The summed E-state index contributed by atoms with van der Waals surface area (Å²) >= 11 is 0. The number of aliphatic imine (C=N–C) groups is 1. The minimum absolute atomic E-state index is 0.0772. The Hall–Kier alpha value is -2.44. The minimum Gasteiger partial charge on any atom is -0.508 e. The van der Waals surface area contributed by atoms with Gasteiger partial charge < -0.3 is 9.84 Å². The maximum Gasteiger partial charge on any atom is 0.306 e. The number of nitrogens with one attached hydrogen (secondary N) is 1. The molecule has 0 heterocycles. The number of hydrogen-bond donors (Lipinski definition) is 2. The lowest BCUT2D eigenvalue weighted by Gasteiger charge is -2.22. The molecule has 0 radical (unpaired) electrons. The summed E-state index contributed by atoms with van der Waals surface area (Å²) in [4.78, 5) is 15.7. The number of likely N-dealkylation sites (N-methyl/N-ethyl adjacent to an activating group) is 1. The number of carbonyl (C=O) groups is 1. The quantitative estimate of drug-likeness (QED) is 0.283. The van der Waals surface area contributed by atoms with Crippen LogP contribution >= 0.6 is 0 Å². The van der Waals surface area contributed by atoms with Gasteiger partial charge in [0.05, 0.1) is 19.4 Å². The van der Waals surface area contributed by atoms with Crippen LogP contribution in [0.3, 0.4) is 0 Å². The van der Waals surface area contributed by atoms with Gasteiger partial charge >= 0.3 is 5.97 Å². The fraction of sp³-hybridized carbons (Fsp3) is 0.385. The summed E-state index contributed by atoms with van der Waals surface area (Å²) in [6.07, 6.45) is 0.0772. The van der Waals surface area contributed by atoms with Gasteiger partial charge in [-0.2, -0.15) is 5.53 Å². The molecule has 0 bridgehead atoms. The van der Waals surface area contributed by atoms with Gasteiger partial charge in [0.1, 0.15) is 11.6 Å². The van der Waals surface area contributed by atoms with Crippen LogP contribution in [0.4, 0.5) is 0 Å². The second kappa shape index (κ2) is 7.22. The average molecular weight is 278 g/mol. The topological polar surface area (TPSA) is 98.3 Å². The number of phenols is 1. The van der Waals surface area contributed by atoms with Crippen LogP contribution in [0.1, 0.15) is 17.9 Å². The second-order valence-electron chi connectivity index (χ2n) is 4.13. The van der Waals surface area contributed by atoms with Gasteiger partial charge in [-0.1, -0.05) is 17.4 Å². The molecule has 1 aromatic carbocycles. The summed E-state index contributed by atoms with van der Waals surface area (Å²) in [5.74, 6) is -0.176. The van der Waals surface area contributed by atoms with Crippen molar-refractivity contribution in [1.29, 1.82) is 5.53 Å². The van der Waals surface area contributed by atoms with E-state index in [1.54, 1.807) is 26.2 Å². The van der Waals surface area contributed by atoms with Crippen molar-refractivity contribution in [2.24, 2.45) is 10.2 Å². The van der Waals surface area contributed by atoms with Gasteiger partial charge in [0.15, 0.2) is 0 Å². The third-order valence-electron chi connectivity index (χ3n) is 2.92. The molecule has 0 spiro atoms. The Morgan fingerprint density at radius 2 is 2.05 bits per heavy atom. The number of hydrogen-bond acceptors (Lipinski definition) is 6.